The molecule has 4 aromatic carbocycles. The molecule has 1 saturated heterocycles. The van der Waals surface area contributed by atoms with Crippen LogP contribution in [-0.4, -0.2) is 36.2 Å². The summed E-state index contributed by atoms with van der Waals surface area (Å²) in [4.78, 5) is 66.4. The molecule has 2 bridgehead atoms. The number of rotatable bonds is 5. The summed E-state index contributed by atoms with van der Waals surface area (Å²) in [6.45, 7) is -0.671. The molecule has 4 aliphatic rings. The number of ether oxygens (including phenoxy) is 1. The molecule has 1 aliphatic heterocycles. The number of amides is 4. The number of esters is 1. The van der Waals surface area contributed by atoms with Crippen LogP contribution in [0.4, 0.5) is 5.69 Å². The second kappa shape index (κ2) is 10.8. The quantitative estimate of drug-likeness (QED) is 0.198. The van der Waals surface area contributed by atoms with Gasteiger partial charge in [-0.15, -0.1) is 0 Å². The number of carbonyl (C=O) groups excluding carboxylic acids is 5. The number of anilines is 1. The molecule has 3 aliphatic carbocycles. The molecule has 4 aromatic rings. The van der Waals surface area contributed by atoms with E-state index >= 15 is 0 Å². The molecule has 218 valence electrons. The van der Waals surface area contributed by atoms with Gasteiger partial charge in [-0.2, -0.15) is 0 Å². The highest BCUT2D eigenvalue weighted by atomic mass is 35.5. The molecule has 9 nitrogen and oxygen atoms in total. The molecule has 2 atom stereocenters. The monoisotopic (exact) mass is 605 g/mol. The average molecular weight is 606 g/mol. The van der Waals surface area contributed by atoms with Gasteiger partial charge in [0.05, 0.1) is 23.1 Å². The molecule has 0 radical (unpaired) electrons. The number of nitrogens with zero attached hydrogens (tertiary/aromatic N) is 1. The van der Waals surface area contributed by atoms with Crippen molar-refractivity contribution >= 4 is 46.9 Å². The molecule has 0 saturated carbocycles. The van der Waals surface area contributed by atoms with E-state index in [9.17, 15) is 24.0 Å². The fourth-order valence-corrected chi connectivity index (χ4v) is 6.88. The largest absolute Gasteiger partial charge is 0.452 e. The van der Waals surface area contributed by atoms with Crippen LogP contribution in [0.1, 0.15) is 54.8 Å². The first kappa shape index (κ1) is 27.5. The van der Waals surface area contributed by atoms with Crippen LogP contribution in [-0.2, 0) is 19.1 Å². The zero-order valence-electron chi connectivity index (χ0n) is 23.0. The maximum atomic E-state index is 14.0. The first-order chi connectivity index (χ1) is 21.3. The molecule has 1 fully saturated rings. The predicted octanol–water partition coefficient (Wildman–Crippen LogP) is 4.35. The highest BCUT2D eigenvalue weighted by Crippen LogP contribution is 2.61. The zero-order chi connectivity index (χ0) is 30.5. The Balaban J connectivity index is 1.06. The predicted molar refractivity (Wildman–Crippen MR) is 160 cm³/mol. The topological polar surface area (TPSA) is 122 Å². The third-order valence-corrected chi connectivity index (χ3v) is 8.80. The second-order valence-corrected chi connectivity index (χ2v) is 11.3. The van der Waals surface area contributed by atoms with Crippen LogP contribution in [0.3, 0.4) is 0 Å². The lowest BCUT2D eigenvalue weighted by atomic mass is 9.55. The number of carbonyl (C=O) groups is 5. The maximum Gasteiger partial charge on any atom is 0.338 e. The number of nitrogens with one attached hydrogen (secondary N) is 2. The van der Waals surface area contributed by atoms with Gasteiger partial charge in [0, 0.05) is 22.4 Å². The van der Waals surface area contributed by atoms with Gasteiger partial charge in [-0.05, 0) is 64.7 Å². The average Bonchev–Trinajstić information content (AvgIpc) is 3.32. The summed E-state index contributed by atoms with van der Waals surface area (Å²) >= 11 is 5.82. The third-order valence-electron chi connectivity index (χ3n) is 8.54. The lowest BCUT2D eigenvalue weighted by Gasteiger charge is -2.45. The van der Waals surface area contributed by atoms with Crippen molar-refractivity contribution in [2.75, 3.05) is 11.5 Å². The van der Waals surface area contributed by atoms with Crippen molar-refractivity contribution in [3.05, 3.63) is 135 Å². The Bertz CT molecular complexity index is 1760. The fourth-order valence-electron chi connectivity index (χ4n) is 6.75. The van der Waals surface area contributed by atoms with E-state index in [1.165, 1.54) is 41.3 Å². The molecular formula is C34H24ClN3O6. The molecule has 44 heavy (non-hydrogen) atoms. The molecular weight excluding hydrogens is 582 g/mol. The van der Waals surface area contributed by atoms with Gasteiger partial charge in [0.1, 0.15) is 0 Å². The van der Waals surface area contributed by atoms with Crippen molar-refractivity contribution in [3.8, 4) is 0 Å². The van der Waals surface area contributed by atoms with Gasteiger partial charge in [-0.1, -0.05) is 66.2 Å². The van der Waals surface area contributed by atoms with E-state index in [0.29, 0.717) is 5.02 Å². The third kappa shape index (κ3) is 4.44. The van der Waals surface area contributed by atoms with E-state index in [-0.39, 0.29) is 40.5 Å². The highest BCUT2D eigenvalue weighted by Gasteiger charge is 2.61. The Labute approximate surface area is 256 Å². The summed E-state index contributed by atoms with van der Waals surface area (Å²) in [5.74, 6) is -4.38. The molecule has 2 N–H and O–H groups in total. The molecule has 10 heteroatoms. The first-order valence-corrected chi connectivity index (χ1v) is 14.4. The highest BCUT2D eigenvalue weighted by molar-refractivity contribution is 6.30. The van der Waals surface area contributed by atoms with Crippen molar-refractivity contribution in [3.63, 3.8) is 0 Å². The summed E-state index contributed by atoms with van der Waals surface area (Å²) in [6, 6.07) is 28.1. The van der Waals surface area contributed by atoms with Gasteiger partial charge < -0.3 is 4.74 Å². The van der Waals surface area contributed by atoms with Crippen molar-refractivity contribution < 1.29 is 28.7 Å². The van der Waals surface area contributed by atoms with Gasteiger partial charge in [0.15, 0.2) is 6.61 Å². The van der Waals surface area contributed by atoms with Crippen LogP contribution >= 0.6 is 11.6 Å². The van der Waals surface area contributed by atoms with Crippen LogP contribution in [0, 0.1) is 11.8 Å². The number of halogens is 1. The normalized spacial score (nSPS) is 20.8. The number of imide groups is 1. The maximum absolute atomic E-state index is 14.0. The summed E-state index contributed by atoms with van der Waals surface area (Å²) in [5, 5.41) is 0.460. The van der Waals surface area contributed by atoms with E-state index in [1.54, 1.807) is 12.1 Å². The Hall–Kier alpha value is -5.28. The minimum absolute atomic E-state index is 0.0607. The Morgan fingerprint density at radius 1 is 0.682 bits per heavy atom. The van der Waals surface area contributed by atoms with E-state index < -0.39 is 36.2 Å². The van der Waals surface area contributed by atoms with E-state index in [0.717, 1.165) is 22.3 Å². The van der Waals surface area contributed by atoms with Crippen LogP contribution in [0.25, 0.3) is 0 Å². The molecule has 0 spiro atoms. The minimum atomic E-state index is -0.831. The summed E-state index contributed by atoms with van der Waals surface area (Å²) in [5.41, 5.74) is 9.29. The van der Waals surface area contributed by atoms with Crippen molar-refractivity contribution in [1.29, 1.82) is 0 Å². The van der Waals surface area contributed by atoms with E-state index in [4.69, 9.17) is 16.3 Å². The Morgan fingerprint density at radius 2 is 1.23 bits per heavy atom. The summed E-state index contributed by atoms with van der Waals surface area (Å²) < 4.78 is 5.13. The lowest BCUT2D eigenvalue weighted by Crippen LogP contribution is -2.43. The Kier molecular flexibility index (Phi) is 6.74. The lowest BCUT2D eigenvalue weighted by molar-refractivity contribution is -0.125. The van der Waals surface area contributed by atoms with E-state index in [1.807, 2.05) is 48.5 Å². The standard InChI is InChI=1S/C34H24ClN3O6/c35-20-14-12-18(13-15-20)31(40)37-36-26(39)17-44-34(43)19-6-5-7-21(16-19)38-32(41)29-27-22-8-1-2-9-23(22)28(30(29)33(38)42)25-11-4-3-10-24(25)27/h1-16,27-30H,17H2,(H,36,39)(H,37,40)/t27?,28?,29-,30+. The fraction of sp³-hybridized carbons (Fsp3) is 0.147. The molecule has 1 heterocycles. The summed E-state index contributed by atoms with van der Waals surface area (Å²) in [7, 11) is 0. The van der Waals surface area contributed by atoms with E-state index in [2.05, 4.69) is 10.9 Å². The number of hydrazine groups is 1. The van der Waals surface area contributed by atoms with Gasteiger partial charge >= 0.3 is 5.97 Å². The SMILES string of the molecule is O=C(COC(=O)c1cccc(N2C(=O)[C@@H]3C4c5ccccc5C(c5ccccc54)[C@@H]3C2=O)c1)NNC(=O)c1ccc(Cl)cc1. The molecule has 0 unspecified atom stereocenters. The number of hydrogen-bond acceptors (Lipinski definition) is 6. The zero-order valence-corrected chi connectivity index (χ0v) is 23.8. The summed E-state index contributed by atoms with van der Waals surface area (Å²) in [6.07, 6.45) is 0. The van der Waals surface area contributed by atoms with Crippen LogP contribution in [0.15, 0.2) is 97.1 Å². The minimum Gasteiger partial charge on any atom is -0.452 e. The smallest absolute Gasteiger partial charge is 0.338 e. The molecule has 4 amide bonds. The van der Waals surface area contributed by atoms with Crippen molar-refractivity contribution in [2.24, 2.45) is 11.8 Å². The number of hydrogen-bond donors (Lipinski definition) is 2. The van der Waals surface area contributed by atoms with Gasteiger partial charge in [0.25, 0.3) is 11.8 Å². The van der Waals surface area contributed by atoms with Crippen molar-refractivity contribution in [2.45, 2.75) is 11.8 Å². The van der Waals surface area contributed by atoms with Crippen LogP contribution in [0.2, 0.25) is 5.02 Å². The molecule has 8 rings (SSSR count). The molecule has 0 aromatic heterocycles. The van der Waals surface area contributed by atoms with Crippen LogP contribution in [0.5, 0.6) is 0 Å². The van der Waals surface area contributed by atoms with Crippen LogP contribution < -0.4 is 15.8 Å². The second-order valence-electron chi connectivity index (χ2n) is 10.9. The van der Waals surface area contributed by atoms with Gasteiger partial charge in [-0.3, -0.25) is 30.0 Å². The van der Waals surface area contributed by atoms with Crippen molar-refractivity contribution in [1.82, 2.24) is 10.9 Å². The van der Waals surface area contributed by atoms with Gasteiger partial charge in [-0.25, -0.2) is 9.69 Å². The number of benzene rings is 4. The first-order valence-electron chi connectivity index (χ1n) is 14.0. The van der Waals surface area contributed by atoms with Gasteiger partial charge in [0.2, 0.25) is 11.8 Å². The Morgan fingerprint density at radius 3 is 1.77 bits per heavy atom.